The van der Waals surface area contributed by atoms with E-state index in [0.29, 0.717) is 6.04 Å². The summed E-state index contributed by atoms with van der Waals surface area (Å²) in [6, 6.07) is 0.715. The summed E-state index contributed by atoms with van der Waals surface area (Å²) in [6.45, 7) is 9.95. The summed E-state index contributed by atoms with van der Waals surface area (Å²) in [5.41, 5.74) is 1.40. The molecule has 2 nitrogen and oxygen atoms in total. The van der Waals surface area contributed by atoms with Gasteiger partial charge in [-0.3, -0.25) is 0 Å². The number of rotatable bonds is 3. The van der Waals surface area contributed by atoms with Gasteiger partial charge in [-0.15, -0.1) is 11.3 Å². The van der Waals surface area contributed by atoms with Crippen LogP contribution in [0.5, 0.6) is 0 Å². The molecule has 0 aliphatic heterocycles. The molecular weight excluding hydrogens is 228 g/mol. The standard InChI is InChI=1S/C14H24N2S/c1-10-5-6-11(7-10)15-8-13-16-12(9-17-13)14(2,3)4/h9-11,15H,5-8H2,1-4H3. The molecule has 1 aliphatic carbocycles. The molecule has 0 amide bonds. The van der Waals surface area contributed by atoms with Crippen LogP contribution in [0.25, 0.3) is 0 Å². The molecule has 0 aromatic carbocycles. The lowest BCUT2D eigenvalue weighted by Gasteiger charge is -2.14. The predicted molar refractivity (Wildman–Crippen MR) is 74.5 cm³/mol. The van der Waals surface area contributed by atoms with Gasteiger partial charge in [0, 0.05) is 23.4 Å². The lowest BCUT2D eigenvalue weighted by molar-refractivity contribution is 0.499. The van der Waals surface area contributed by atoms with E-state index in [1.54, 1.807) is 11.3 Å². The van der Waals surface area contributed by atoms with E-state index in [2.05, 4.69) is 38.4 Å². The SMILES string of the molecule is CC1CCC(NCc2nc(C(C)(C)C)cs2)C1. The molecule has 0 saturated heterocycles. The van der Waals surface area contributed by atoms with E-state index >= 15 is 0 Å². The molecule has 96 valence electrons. The Morgan fingerprint density at radius 1 is 1.41 bits per heavy atom. The Morgan fingerprint density at radius 2 is 2.18 bits per heavy atom. The zero-order valence-corrected chi connectivity index (χ0v) is 12.2. The summed E-state index contributed by atoms with van der Waals surface area (Å²) >= 11 is 1.79. The average molecular weight is 252 g/mol. The van der Waals surface area contributed by atoms with Crippen molar-refractivity contribution < 1.29 is 0 Å². The first-order valence-electron chi connectivity index (χ1n) is 6.63. The first-order chi connectivity index (χ1) is 7.95. The van der Waals surface area contributed by atoms with Crippen molar-refractivity contribution in [1.29, 1.82) is 0 Å². The van der Waals surface area contributed by atoms with Crippen molar-refractivity contribution in [2.24, 2.45) is 5.92 Å². The van der Waals surface area contributed by atoms with E-state index in [1.165, 1.54) is 30.0 Å². The normalized spacial score (nSPS) is 25.4. The van der Waals surface area contributed by atoms with E-state index in [0.717, 1.165) is 12.5 Å². The number of hydrogen-bond acceptors (Lipinski definition) is 3. The van der Waals surface area contributed by atoms with Crippen molar-refractivity contribution in [3.8, 4) is 0 Å². The van der Waals surface area contributed by atoms with Gasteiger partial charge in [-0.1, -0.05) is 27.7 Å². The Bertz CT molecular complexity index is 365. The molecule has 0 bridgehead atoms. The molecule has 0 spiro atoms. The number of nitrogens with zero attached hydrogens (tertiary/aromatic N) is 1. The van der Waals surface area contributed by atoms with Crippen LogP contribution in [0, 0.1) is 5.92 Å². The quantitative estimate of drug-likeness (QED) is 0.887. The second kappa shape index (κ2) is 5.07. The van der Waals surface area contributed by atoms with Crippen molar-refractivity contribution in [1.82, 2.24) is 10.3 Å². The van der Waals surface area contributed by atoms with Crippen LogP contribution < -0.4 is 5.32 Å². The second-order valence-corrected chi connectivity index (χ2v) is 7.32. The maximum absolute atomic E-state index is 4.72. The molecule has 1 fully saturated rings. The van der Waals surface area contributed by atoms with Crippen LogP contribution in [0.2, 0.25) is 0 Å². The fraction of sp³-hybridized carbons (Fsp3) is 0.786. The van der Waals surface area contributed by atoms with Crippen LogP contribution in [0.1, 0.15) is 57.7 Å². The minimum absolute atomic E-state index is 0.177. The van der Waals surface area contributed by atoms with Crippen LogP contribution in [0.15, 0.2) is 5.38 Å². The molecule has 1 N–H and O–H groups in total. The van der Waals surface area contributed by atoms with Crippen molar-refractivity contribution >= 4 is 11.3 Å². The van der Waals surface area contributed by atoms with Gasteiger partial charge in [0.25, 0.3) is 0 Å². The zero-order chi connectivity index (χ0) is 12.5. The van der Waals surface area contributed by atoms with Crippen LogP contribution >= 0.6 is 11.3 Å². The van der Waals surface area contributed by atoms with E-state index in [-0.39, 0.29) is 5.41 Å². The van der Waals surface area contributed by atoms with E-state index in [1.807, 2.05) is 0 Å². The van der Waals surface area contributed by atoms with Crippen LogP contribution in [0.3, 0.4) is 0 Å². The molecule has 2 rings (SSSR count). The van der Waals surface area contributed by atoms with Gasteiger partial charge in [0.15, 0.2) is 0 Å². The molecule has 2 unspecified atom stereocenters. The highest BCUT2D eigenvalue weighted by molar-refractivity contribution is 7.09. The Balaban J connectivity index is 1.85. The van der Waals surface area contributed by atoms with Gasteiger partial charge in [0.05, 0.1) is 5.69 Å². The predicted octanol–water partition coefficient (Wildman–Crippen LogP) is 3.72. The highest BCUT2D eigenvalue weighted by atomic mass is 32.1. The Morgan fingerprint density at radius 3 is 2.71 bits per heavy atom. The number of aromatic nitrogens is 1. The summed E-state index contributed by atoms with van der Waals surface area (Å²) in [5.74, 6) is 0.897. The largest absolute Gasteiger partial charge is 0.308 e. The third-order valence-electron chi connectivity index (χ3n) is 3.56. The molecule has 1 aliphatic rings. The van der Waals surface area contributed by atoms with Crippen LogP contribution in [0.4, 0.5) is 0 Å². The molecule has 1 saturated carbocycles. The fourth-order valence-corrected chi connectivity index (χ4v) is 3.33. The molecule has 1 aromatic heterocycles. The van der Waals surface area contributed by atoms with Crippen molar-refractivity contribution in [2.75, 3.05) is 0 Å². The third-order valence-corrected chi connectivity index (χ3v) is 4.41. The number of nitrogens with one attached hydrogen (secondary N) is 1. The lowest BCUT2D eigenvalue weighted by atomic mass is 9.93. The first kappa shape index (κ1) is 13.0. The maximum atomic E-state index is 4.72. The average Bonchev–Trinajstić information content (AvgIpc) is 2.82. The second-order valence-electron chi connectivity index (χ2n) is 6.37. The van der Waals surface area contributed by atoms with Gasteiger partial charge in [0.1, 0.15) is 5.01 Å². The monoisotopic (exact) mass is 252 g/mol. The summed E-state index contributed by atoms with van der Waals surface area (Å²) < 4.78 is 0. The van der Waals surface area contributed by atoms with E-state index < -0.39 is 0 Å². The minimum Gasteiger partial charge on any atom is -0.308 e. The van der Waals surface area contributed by atoms with Crippen molar-refractivity contribution in [2.45, 2.75) is 65.0 Å². The molecule has 3 heteroatoms. The zero-order valence-electron chi connectivity index (χ0n) is 11.4. The van der Waals surface area contributed by atoms with Gasteiger partial charge in [0.2, 0.25) is 0 Å². The summed E-state index contributed by atoms with van der Waals surface area (Å²) in [7, 11) is 0. The van der Waals surface area contributed by atoms with Crippen molar-refractivity contribution in [3.05, 3.63) is 16.1 Å². The van der Waals surface area contributed by atoms with Gasteiger partial charge in [-0.05, 0) is 25.2 Å². The van der Waals surface area contributed by atoms with Gasteiger partial charge in [-0.2, -0.15) is 0 Å². The summed E-state index contributed by atoms with van der Waals surface area (Å²) in [4.78, 5) is 4.72. The molecule has 1 heterocycles. The molecule has 2 atom stereocenters. The molecule has 1 aromatic rings. The summed E-state index contributed by atoms with van der Waals surface area (Å²) in [5, 5.41) is 7.07. The minimum atomic E-state index is 0.177. The molecule has 17 heavy (non-hydrogen) atoms. The fourth-order valence-electron chi connectivity index (χ4n) is 2.36. The van der Waals surface area contributed by atoms with Gasteiger partial charge in [-0.25, -0.2) is 4.98 Å². The number of hydrogen-bond donors (Lipinski definition) is 1. The number of thiazole rings is 1. The van der Waals surface area contributed by atoms with Crippen LogP contribution in [-0.4, -0.2) is 11.0 Å². The Kier molecular flexibility index (Phi) is 3.88. The highest BCUT2D eigenvalue weighted by Crippen LogP contribution is 2.26. The topological polar surface area (TPSA) is 24.9 Å². The lowest BCUT2D eigenvalue weighted by Crippen LogP contribution is -2.25. The first-order valence-corrected chi connectivity index (χ1v) is 7.51. The van der Waals surface area contributed by atoms with Gasteiger partial charge >= 0.3 is 0 Å². The molecular formula is C14H24N2S. The van der Waals surface area contributed by atoms with E-state index in [4.69, 9.17) is 4.98 Å². The third kappa shape index (κ3) is 3.52. The van der Waals surface area contributed by atoms with Gasteiger partial charge < -0.3 is 5.32 Å². The highest BCUT2D eigenvalue weighted by Gasteiger charge is 2.21. The van der Waals surface area contributed by atoms with Crippen molar-refractivity contribution in [3.63, 3.8) is 0 Å². The molecule has 0 radical (unpaired) electrons. The summed E-state index contributed by atoms with van der Waals surface area (Å²) in [6.07, 6.45) is 4.04. The maximum Gasteiger partial charge on any atom is 0.107 e. The Hall–Kier alpha value is -0.410. The van der Waals surface area contributed by atoms with Crippen LogP contribution in [-0.2, 0) is 12.0 Å². The smallest absolute Gasteiger partial charge is 0.107 e. The van der Waals surface area contributed by atoms with E-state index in [9.17, 15) is 0 Å². The Labute approximate surface area is 109 Å².